The van der Waals surface area contributed by atoms with Crippen molar-refractivity contribution in [2.75, 3.05) is 12.3 Å². The highest BCUT2D eigenvalue weighted by molar-refractivity contribution is 7.99. The van der Waals surface area contributed by atoms with Crippen LogP contribution in [0.25, 0.3) is 10.9 Å². The molecule has 6 nitrogen and oxygen atoms in total. The lowest BCUT2D eigenvalue weighted by atomic mass is 10.0. The molecule has 3 N–H and O–H groups in total. The molecule has 1 aliphatic rings. The number of benzene rings is 2. The van der Waals surface area contributed by atoms with Crippen molar-refractivity contribution in [1.82, 2.24) is 15.6 Å². The Bertz CT molecular complexity index is 1160. The van der Waals surface area contributed by atoms with Gasteiger partial charge < -0.3 is 15.6 Å². The number of thioether (sulfide) groups is 1. The van der Waals surface area contributed by atoms with Crippen LogP contribution in [0.4, 0.5) is 4.39 Å². The average molecular weight is 411 g/mol. The van der Waals surface area contributed by atoms with E-state index < -0.39 is 17.2 Å². The van der Waals surface area contributed by atoms with Gasteiger partial charge in [-0.05, 0) is 30.2 Å². The third-order valence-corrected chi connectivity index (χ3v) is 5.96. The predicted octanol–water partition coefficient (Wildman–Crippen LogP) is 2.75. The van der Waals surface area contributed by atoms with Crippen molar-refractivity contribution >= 4 is 34.5 Å². The normalized spacial score (nSPS) is 15.6. The molecule has 1 unspecified atom stereocenters. The summed E-state index contributed by atoms with van der Waals surface area (Å²) < 4.78 is 13.9. The minimum absolute atomic E-state index is 0.0574. The third-order valence-electron chi connectivity index (χ3n) is 4.80. The van der Waals surface area contributed by atoms with Gasteiger partial charge in [-0.2, -0.15) is 0 Å². The van der Waals surface area contributed by atoms with Gasteiger partial charge in [-0.25, -0.2) is 4.39 Å². The van der Waals surface area contributed by atoms with E-state index in [2.05, 4.69) is 15.6 Å². The Balaban J connectivity index is 1.42. The molecule has 4 rings (SSSR count). The number of halogens is 1. The van der Waals surface area contributed by atoms with Crippen molar-refractivity contribution < 1.29 is 14.0 Å². The van der Waals surface area contributed by atoms with E-state index >= 15 is 0 Å². The van der Waals surface area contributed by atoms with Crippen LogP contribution in [0.2, 0.25) is 0 Å². The molecule has 1 aromatic heterocycles. The zero-order chi connectivity index (χ0) is 20.4. The van der Waals surface area contributed by atoms with Crippen LogP contribution >= 0.6 is 11.8 Å². The minimum atomic E-state index is -0.627. The maximum Gasteiger partial charge on any atom is 0.257 e. The van der Waals surface area contributed by atoms with Crippen molar-refractivity contribution in [2.24, 2.45) is 0 Å². The van der Waals surface area contributed by atoms with Gasteiger partial charge in [0.15, 0.2) is 0 Å². The topological polar surface area (TPSA) is 91.1 Å². The molecule has 1 aliphatic heterocycles. The van der Waals surface area contributed by atoms with E-state index in [1.165, 1.54) is 24.0 Å². The number of hydrogen-bond acceptors (Lipinski definition) is 4. The fraction of sp³-hybridized carbons (Fsp3) is 0.190. The molecule has 8 heteroatoms. The SMILES string of the molecule is O=C(CNC(=O)c1c[nH]c2ccccc2c1=O)NC1CCSc2c(F)cccc21. The summed E-state index contributed by atoms with van der Waals surface area (Å²) in [4.78, 5) is 40.7. The van der Waals surface area contributed by atoms with Crippen molar-refractivity contribution in [1.29, 1.82) is 0 Å². The molecule has 3 aromatic rings. The fourth-order valence-corrected chi connectivity index (χ4v) is 4.51. The minimum Gasteiger partial charge on any atom is -0.360 e. The van der Waals surface area contributed by atoms with Crippen LogP contribution in [-0.4, -0.2) is 29.1 Å². The molecule has 29 heavy (non-hydrogen) atoms. The first kappa shape index (κ1) is 19.2. The van der Waals surface area contributed by atoms with Crippen molar-refractivity contribution in [3.05, 3.63) is 75.8 Å². The number of H-pyrrole nitrogens is 1. The Morgan fingerprint density at radius 1 is 1.17 bits per heavy atom. The van der Waals surface area contributed by atoms with Crippen LogP contribution in [0.5, 0.6) is 0 Å². The summed E-state index contributed by atoms with van der Waals surface area (Å²) in [6, 6.07) is 11.4. The first-order valence-corrected chi connectivity index (χ1v) is 10.1. The van der Waals surface area contributed by atoms with Gasteiger partial charge in [-0.15, -0.1) is 11.8 Å². The van der Waals surface area contributed by atoms with Gasteiger partial charge in [-0.3, -0.25) is 14.4 Å². The van der Waals surface area contributed by atoms with Gasteiger partial charge in [0, 0.05) is 27.7 Å². The van der Waals surface area contributed by atoms with Gasteiger partial charge in [0.1, 0.15) is 11.4 Å². The van der Waals surface area contributed by atoms with Gasteiger partial charge >= 0.3 is 0 Å². The number of fused-ring (bicyclic) bond motifs is 2. The molecule has 0 saturated heterocycles. The summed E-state index contributed by atoms with van der Waals surface area (Å²) in [5.74, 6) is -0.631. The number of carbonyl (C=O) groups is 2. The van der Waals surface area contributed by atoms with E-state index in [1.807, 2.05) is 0 Å². The van der Waals surface area contributed by atoms with Gasteiger partial charge in [0.05, 0.1) is 12.6 Å². The molecule has 2 aromatic carbocycles. The van der Waals surface area contributed by atoms with E-state index in [-0.39, 0.29) is 24.0 Å². The number of carbonyl (C=O) groups excluding carboxylic acids is 2. The van der Waals surface area contributed by atoms with E-state index in [0.29, 0.717) is 28.0 Å². The molecule has 0 bridgehead atoms. The summed E-state index contributed by atoms with van der Waals surface area (Å²) in [5, 5.41) is 5.72. The first-order chi connectivity index (χ1) is 14.0. The molecule has 1 atom stereocenters. The Labute approximate surface area is 169 Å². The largest absolute Gasteiger partial charge is 0.360 e. The molecule has 0 aliphatic carbocycles. The van der Waals surface area contributed by atoms with Gasteiger partial charge in [-0.1, -0.05) is 24.3 Å². The van der Waals surface area contributed by atoms with E-state index in [9.17, 15) is 18.8 Å². The summed E-state index contributed by atoms with van der Waals surface area (Å²) >= 11 is 1.43. The lowest BCUT2D eigenvalue weighted by Gasteiger charge is -2.26. The monoisotopic (exact) mass is 411 g/mol. The molecule has 148 valence electrons. The van der Waals surface area contributed by atoms with Crippen molar-refractivity contribution in [3.63, 3.8) is 0 Å². The van der Waals surface area contributed by atoms with Crippen LogP contribution in [0.3, 0.4) is 0 Å². The van der Waals surface area contributed by atoms with E-state index in [0.717, 1.165) is 5.56 Å². The summed E-state index contributed by atoms with van der Waals surface area (Å²) in [6.07, 6.45) is 2.01. The average Bonchev–Trinajstić information content (AvgIpc) is 2.73. The Morgan fingerprint density at radius 3 is 2.86 bits per heavy atom. The summed E-state index contributed by atoms with van der Waals surface area (Å²) in [5.41, 5.74) is 0.920. The van der Waals surface area contributed by atoms with Gasteiger partial charge in [0.2, 0.25) is 11.3 Å². The van der Waals surface area contributed by atoms with Gasteiger partial charge in [0.25, 0.3) is 5.91 Å². The van der Waals surface area contributed by atoms with Crippen LogP contribution in [0.15, 0.2) is 58.4 Å². The predicted molar refractivity (Wildman–Crippen MR) is 110 cm³/mol. The standard InChI is InChI=1S/C21H18FN3O3S/c22-15-6-3-5-13-17(8-9-29-20(13)15)25-18(26)11-24-21(28)14-10-23-16-7-2-1-4-12(16)19(14)27/h1-7,10,17H,8-9,11H2,(H,23,27)(H,24,28)(H,25,26). The van der Waals surface area contributed by atoms with Crippen LogP contribution in [0.1, 0.15) is 28.4 Å². The van der Waals surface area contributed by atoms with Crippen LogP contribution < -0.4 is 16.1 Å². The Kier molecular flexibility index (Phi) is 5.35. The second-order valence-electron chi connectivity index (χ2n) is 6.68. The maximum atomic E-state index is 13.9. The zero-order valence-electron chi connectivity index (χ0n) is 15.3. The number of aromatic amines is 1. The number of pyridine rings is 1. The summed E-state index contributed by atoms with van der Waals surface area (Å²) in [6.45, 7) is -0.278. The number of para-hydroxylation sites is 1. The molecule has 0 fully saturated rings. The number of hydrogen-bond donors (Lipinski definition) is 3. The Hall–Kier alpha value is -3.13. The lowest BCUT2D eigenvalue weighted by molar-refractivity contribution is -0.120. The van der Waals surface area contributed by atoms with Crippen LogP contribution in [0, 0.1) is 5.82 Å². The third kappa shape index (κ3) is 3.88. The van der Waals surface area contributed by atoms with E-state index in [1.54, 1.807) is 36.4 Å². The molecule has 2 amide bonds. The highest BCUT2D eigenvalue weighted by Gasteiger charge is 2.24. The number of nitrogens with one attached hydrogen (secondary N) is 3. The second-order valence-corrected chi connectivity index (χ2v) is 7.78. The molecular formula is C21H18FN3O3S. The quantitative estimate of drug-likeness (QED) is 0.616. The Morgan fingerprint density at radius 2 is 2.00 bits per heavy atom. The molecule has 0 spiro atoms. The smallest absolute Gasteiger partial charge is 0.257 e. The highest BCUT2D eigenvalue weighted by atomic mass is 32.2. The van der Waals surface area contributed by atoms with Crippen molar-refractivity contribution in [2.45, 2.75) is 17.4 Å². The van der Waals surface area contributed by atoms with Crippen LogP contribution in [-0.2, 0) is 4.79 Å². The second kappa shape index (κ2) is 8.08. The first-order valence-electron chi connectivity index (χ1n) is 9.14. The molecule has 0 saturated carbocycles. The zero-order valence-corrected chi connectivity index (χ0v) is 16.1. The van der Waals surface area contributed by atoms with E-state index in [4.69, 9.17) is 0 Å². The fourth-order valence-electron chi connectivity index (χ4n) is 3.37. The number of rotatable bonds is 4. The summed E-state index contributed by atoms with van der Waals surface area (Å²) in [7, 11) is 0. The number of amides is 2. The molecular weight excluding hydrogens is 393 g/mol. The number of aromatic nitrogens is 1. The highest BCUT2D eigenvalue weighted by Crippen LogP contribution is 2.37. The molecule has 0 radical (unpaired) electrons. The maximum absolute atomic E-state index is 13.9. The van der Waals surface area contributed by atoms with Crippen molar-refractivity contribution in [3.8, 4) is 0 Å². The lowest BCUT2D eigenvalue weighted by Crippen LogP contribution is -2.40. The molecule has 2 heterocycles.